The smallest absolute Gasteiger partial charge is 0.405 e. The Labute approximate surface area is 286 Å². The van der Waals surface area contributed by atoms with Crippen LogP contribution < -0.4 is 10.1 Å². The Morgan fingerprint density at radius 2 is 1.58 bits per heavy atom. The Kier molecular flexibility index (Phi) is 9.85. The summed E-state index contributed by atoms with van der Waals surface area (Å²) in [5, 5.41) is 12.7. The summed E-state index contributed by atoms with van der Waals surface area (Å²) >= 11 is 7.86. The molecule has 0 radical (unpaired) electrons. The number of carbonyl (C=O) groups is 1. The first-order valence-corrected chi connectivity index (χ1v) is 17.0. The average Bonchev–Trinajstić information content (AvgIpc) is 3.62. The number of aryl methyl sites for hydroxylation is 1. The molecular formula is C37H34ClF3N4O2S. The summed E-state index contributed by atoms with van der Waals surface area (Å²) in [5.41, 5.74) is 4.84. The molecule has 1 amide bonds. The molecule has 11 heteroatoms. The fourth-order valence-corrected chi connectivity index (χ4v) is 7.66. The van der Waals surface area contributed by atoms with Crippen LogP contribution in [0.5, 0.6) is 5.75 Å². The van der Waals surface area contributed by atoms with Gasteiger partial charge in [-0.25, -0.2) is 0 Å². The molecule has 48 heavy (non-hydrogen) atoms. The van der Waals surface area contributed by atoms with Crippen LogP contribution in [0.15, 0.2) is 96.2 Å². The van der Waals surface area contributed by atoms with Gasteiger partial charge in [-0.1, -0.05) is 84.7 Å². The lowest BCUT2D eigenvalue weighted by molar-refractivity contribution is -0.141. The fraction of sp³-hybridized carbons (Fsp3) is 0.270. The van der Waals surface area contributed by atoms with Gasteiger partial charge in [0.2, 0.25) is 5.91 Å². The molecule has 1 N–H and O–H groups in total. The lowest BCUT2D eigenvalue weighted by Crippen LogP contribution is -2.47. The highest BCUT2D eigenvalue weighted by Gasteiger charge is 2.49. The number of nitrogens with one attached hydrogen (secondary N) is 1. The van der Waals surface area contributed by atoms with Crippen molar-refractivity contribution in [1.29, 1.82) is 0 Å². The Balaban J connectivity index is 1.19. The monoisotopic (exact) mass is 690 g/mol. The highest BCUT2D eigenvalue weighted by molar-refractivity contribution is 7.99. The van der Waals surface area contributed by atoms with Gasteiger partial charge in [-0.15, -0.1) is 10.2 Å². The van der Waals surface area contributed by atoms with Crippen molar-refractivity contribution in [1.82, 2.24) is 20.1 Å². The Hall–Kier alpha value is -4.28. The number of aromatic nitrogens is 3. The van der Waals surface area contributed by atoms with Gasteiger partial charge in [0.25, 0.3) is 0 Å². The molecule has 1 heterocycles. The van der Waals surface area contributed by atoms with Gasteiger partial charge in [0.15, 0.2) is 11.0 Å². The minimum atomic E-state index is -4.51. The van der Waals surface area contributed by atoms with Gasteiger partial charge in [-0.3, -0.25) is 9.36 Å². The molecule has 5 aromatic rings. The van der Waals surface area contributed by atoms with E-state index in [-0.39, 0.29) is 0 Å². The van der Waals surface area contributed by atoms with Gasteiger partial charge in [-0.2, -0.15) is 13.2 Å². The zero-order valence-corrected chi connectivity index (χ0v) is 28.1. The number of benzene rings is 4. The van der Waals surface area contributed by atoms with Crippen molar-refractivity contribution < 1.29 is 22.7 Å². The number of nitrogens with zero attached hydrogens (tertiary/aromatic N) is 3. The second kappa shape index (κ2) is 14.1. The van der Waals surface area contributed by atoms with Crippen molar-refractivity contribution in [2.75, 3.05) is 19.4 Å². The Morgan fingerprint density at radius 1 is 0.917 bits per heavy atom. The number of ether oxygens (including phenoxy) is 1. The number of halogens is 4. The number of unbranched alkanes of at least 4 members (excludes halogenated alkanes) is 2. The third-order valence-corrected chi connectivity index (χ3v) is 9.96. The highest BCUT2D eigenvalue weighted by Crippen LogP contribution is 2.51. The van der Waals surface area contributed by atoms with Crippen molar-refractivity contribution in [2.24, 2.45) is 0 Å². The summed E-state index contributed by atoms with van der Waals surface area (Å²) in [6.45, 7) is 0.619. The van der Waals surface area contributed by atoms with Crippen molar-refractivity contribution >= 4 is 29.3 Å². The minimum Gasteiger partial charge on any atom is -0.497 e. The Bertz CT molecular complexity index is 1880. The third-order valence-electron chi connectivity index (χ3n) is 8.71. The summed E-state index contributed by atoms with van der Waals surface area (Å²) in [7, 11) is 1.62. The first-order valence-electron chi connectivity index (χ1n) is 15.7. The number of hydrogen-bond acceptors (Lipinski definition) is 5. The van der Waals surface area contributed by atoms with Crippen LogP contribution >= 0.6 is 23.4 Å². The summed E-state index contributed by atoms with van der Waals surface area (Å²) in [5.74, 6) is 1.54. The van der Waals surface area contributed by atoms with Gasteiger partial charge in [0.05, 0.1) is 12.8 Å². The SMILES string of the molecule is COc1ccc(-c2nnc(SCCCCCC3(C(=O)NCC(F)(F)F)c4ccccc4-c4ccccc43)n2-c2ccc(Cl)cc2C)cc1. The molecule has 0 spiro atoms. The van der Waals surface area contributed by atoms with Crippen molar-refractivity contribution in [3.63, 3.8) is 0 Å². The normalized spacial score (nSPS) is 13.2. The van der Waals surface area contributed by atoms with E-state index >= 15 is 0 Å². The average molecular weight is 691 g/mol. The molecule has 0 saturated carbocycles. The number of carbonyl (C=O) groups excluding carboxylic acids is 1. The number of methoxy groups -OCH3 is 1. The summed E-state index contributed by atoms with van der Waals surface area (Å²) in [4.78, 5) is 13.8. The number of alkyl halides is 3. The first-order chi connectivity index (χ1) is 23.1. The molecule has 248 valence electrons. The molecule has 1 aliphatic rings. The molecule has 0 atom stereocenters. The minimum absolute atomic E-state index is 0.386. The van der Waals surface area contributed by atoms with Crippen LogP contribution in [-0.4, -0.2) is 46.3 Å². The van der Waals surface area contributed by atoms with Crippen molar-refractivity contribution in [3.8, 4) is 34.0 Å². The van der Waals surface area contributed by atoms with Gasteiger partial charge < -0.3 is 10.1 Å². The molecule has 0 fully saturated rings. The van der Waals surface area contributed by atoms with Crippen LogP contribution in [0.1, 0.15) is 42.4 Å². The second-order valence-corrected chi connectivity index (χ2v) is 13.3. The molecule has 6 nitrogen and oxygen atoms in total. The standard InChI is InChI=1S/C37H34ClF3N4O2S/c1-24-22-26(38)16-19-32(24)45-33(25-14-17-27(47-2)18-15-25)43-44-35(45)48-21-9-3-8-20-36(34(46)42-23-37(39,40)41)30-12-6-4-10-28(30)29-11-5-7-13-31(29)36/h4-7,10-19,22H,3,8-9,20-21,23H2,1-2H3,(H,42,46). The number of fused-ring (bicyclic) bond motifs is 3. The predicted molar refractivity (Wildman–Crippen MR) is 184 cm³/mol. The maximum Gasteiger partial charge on any atom is 0.405 e. The maximum atomic E-state index is 13.8. The van der Waals surface area contributed by atoms with E-state index in [0.717, 1.165) is 68.6 Å². The van der Waals surface area contributed by atoms with E-state index in [0.29, 0.717) is 23.7 Å². The topological polar surface area (TPSA) is 69.0 Å². The summed E-state index contributed by atoms with van der Waals surface area (Å²) < 4.78 is 47.0. The fourth-order valence-electron chi connectivity index (χ4n) is 6.49. The lowest BCUT2D eigenvalue weighted by Gasteiger charge is -2.31. The van der Waals surface area contributed by atoms with Gasteiger partial charge in [-0.05, 0) is 90.0 Å². The van der Waals surface area contributed by atoms with E-state index in [2.05, 4.69) is 15.5 Å². The largest absolute Gasteiger partial charge is 0.497 e. The van der Waals surface area contributed by atoms with E-state index in [4.69, 9.17) is 16.3 Å². The number of amides is 1. The molecule has 0 saturated heterocycles. The lowest BCUT2D eigenvalue weighted by atomic mass is 9.73. The van der Waals surface area contributed by atoms with Crippen LogP contribution in [-0.2, 0) is 10.2 Å². The molecule has 0 aliphatic heterocycles. The van der Waals surface area contributed by atoms with Crippen LogP contribution in [0.2, 0.25) is 5.02 Å². The van der Waals surface area contributed by atoms with Crippen LogP contribution in [0.4, 0.5) is 13.2 Å². The van der Waals surface area contributed by atoms with Gasteiger partial charge in [0, 0.05) is 16.3 Å². The molecular weight excluding hydrogens is 657 g/mol. The van der Waals surface area contributed by atoms with E-state index in [1.807, 2.05) is 102 Å². The maximum absolute atomic E-state index is 13.8. The Morgan fingerprint density at radius 3 is 2.21 bits per heavy atom. The number of rotatable bonds is 12. The predicted octanol–water partition coefficient (Wildman–Crippen LogP) is 9.20. The summed E-state index contributed by atoms with van der Waals surface area (Å²) in [6.07, 6.45) is -1.91. The first kappa shape index (κ1) is 33.6. The second-order valence-electron chi connectivity index (χ2n) is 11.8. The van der Waals surface area contributed by atoms with Gasteiger partial charge in [0.1, 0.15) is 17.7 Å². The van der Waals surface area contributed by atoms with Crippen molar-refractivity contribution in [3.05, 3.63) is 113 Å². The number of hydrogen-bond donors (Lipinski definition) is 1. The molecule has 1 aromatic heterocycles. The summed E-state index contributed by atoms with van der Waals surface area (Å²) in [6, 6.07) is 28.4. The van der Waals surface area contributed by atoms with Crippen LogP contribution in [0.25, 0.3) is 28.2 Å². The quantitative estimate of drug-likeness (QED) is 0.104. The van der Waals surface area contributed by atoms with Crippen LogP contribution in [0, 0.1) is 6.92 Å². The van der Waals surface area contributed by atoms with E-state index in [9.17, 15) is 18.0 Å². The molecule has 4 aromatic carbocycles. The molecule has 6 rings (SSSR count). The van der Waals surface area contributed by atoms with Crippen LogP contribution in [0.3, 0.4) is 0 Å². The highest BCUT2D eigenvalue weighted by atomic mass is 35.5. The zero-order chi connectivity index (χ0) is 33.9. The zero-order valence-electron chi connectivity index (χ0n) is 26.5. The molecule has 1 aliphatic carbocycles. The van der Waals surface area contributed by atoms with E-state index < -0.39 is 24.0 Å². The molecule has 0 bridgehead atoms. The van der Waals surface area contributed by atoms with E-state index in [1.54, 1.807) is 18.9 Å². The molecule has 0 unspecified atom stereocenters. The third kappa shape index (κ3) is 6.69. The number of thioether (sulfide) groups is 1. The van der Waals surface area contributed by atoms with Gasteiger partial charge >= 0.3 is 6.18 Å². The van der Waals surface area contributed by atoms with E-state index in [1.165, 1.54) is 0 Å². The van der Waals surface area contributed by atoms with Crippen molar-refractivity contribution in [2.45, 2.75) is 49.4 Å².